The topological polar surface area (TPSA) is 92.5 Å². The molecule has 1 rings (SSSR count). The fraction of sp³-hybridized carbons (Fsp3) is 0.538. The second kappa shape index (κ2) is 8.06. The van der Waals surface area contributed by atoms with Crippen LogP contribution in [0, 0.1) is 0 Å². The summed E-state index contributed by atoms with van der Waals surface area (Å²) in [6.45, 7) is 1.52. The maximum absolute atomic E-state index is 10.9. The maximum Gasteiger partial charge on any atom is 0.203 e. The van der Waals surface area contributed by atoms with E-state index in [9.17, 15) is 8.42 Å². The third kappa shape index (κ3) is 5.78. The SMILES string of the molecule is COc1cc(C[NH2+]CC[N-]S(C)(=O)=O)cc(OC)c1OC. The molecule has 2 N–H and O–H groups in total. The van der Waals surface area contributed by atoms with Crippen molar-refractivity contribution in [1.29, 1.82) is 0 Å². The summed E-state index contributed by atoms with van der Waals surface area (Å²) in [5.74, 6) is 1.75. The molecule has 0 atom stereocenters. The molecule has 0 aliphatic heterocycles. The van der Waals surface area contributed by atoms with Crippen LogP contribution >= 0.6 is 0 Å². The molecule has 8 heteroatoms. The molecule has 0 saturated carbocycles. The Hall–Kier alpha value is -1.51. The van der Waals surface area contributed by atoms with E-state index in [0.717, 1.165) is 11.8 Å². The van der Waals surface area contributed by atoms with Crippen LogP contribution in [0.4, 0.5) is 0 Å². The van der Waals surface area contributed by atoms with Gasteiger partial charge in [-0.15, -0.1) is 0 Å². The molecule has 7 nitrogen and oxygen atoms in total. The van der Waals surface area contributed by atoms with E-state index in [4.69, 9.17) is 14.2 Å². The minimum absolute atomic E-state index is 0.267. The highest BCUT2D eigenvalue weighted by Crippen LogP contribution is 2.37. The van der Waals surface area contributed by atoms with Gasteiger partial charge in [0.25, 0.3) is 0 Å². The second-order valence-electron chi connectivity index (χ2n) is 4.40. The van der Waals surface area contributed by atoms with Gasteiger partial charge in [0.2, 0.25) is 5.75 Å². The summed E-state index contributed by atoms with van der Waals surface area (Å²) in [6.07, 6.45) is 1.09. The minimum atomic E-state index is -3.25. The summed E-state index contributed by atoms with van der Waals surface area (Å²) in [4.78, 5) is 0. The van der Waals surface area contributed by atoms with Crippen LogP contribution in [0.25, 0.3) is 4.72 Å². The highest BCUT2D eigenvalue weighted by molar-refractivity contribution is 7.93. The highest BCUT2D eigenvalue weighted by Gasteiger charge is 2.13. The van der Waals surface area contributed by atoms with Crippen LogP contribution in [-0.4, -0.2) is 49.1 Å². The van der Waals surface area contributed by atoms with E-state index >= 15 is 0 Å². The van der Waals surface area contributed by atoms with Crippen molar-refractivity contribution in [3.05, 3.63) is 22.4 Å². The molecule has 0 aliphatic carbocycles. The third-order valence-electron chi connectivity index (χ3n) is 2.76. The lowest BCUT2D eigenvalue weighted by molar-refractivity contribution is -0.667. The first-order chi connectivity index (χ1) is 9.91. The lowest BCUT2D eigenvalue weighted by Gasteiger charge is -2.16. The van der Waals surface area contributed by atoms with E-state index in [-0.39, 0.29) is 6.54 Å². The molecule has 0 bridgehead atoms. The van der Waals surface area contributed by atoms with Gasteiger partial charge < -0.3 is 24.2 Å². The molecule has 1 aromatic carbocycles. The molecule has 0 fully saturated rings. The summed E-state index contributed by atoms with van der Waals surface area (Å²) in [5.41, 5.74) is 0.990. The summed E-state index contributed by atoms with van der Waals surface area (Å²) in [7, 11) is 1.43. The number of nitrogens with two attached hydrogens (primary N) is 1. The Morgan fingerprint density at radius 2 is 1.67 bits per heavy atom. The normalized spacial score (nSPS) is 11.2. The van der Waals surface area contributed by atoms with E-state index in [1.165, 1.54) is 0 Å². The smallest absolute Gasteiger partial charge is 0.203 e. The summed E-state index contributed by atoms with van der Waals surface area (Å²) in [6, 6.07) is 3.73. The number of hydrogen-bond donors (Lipinski definition) is 1. The lowest BCUT2D eigenvalue weighted by Crippen LogP contribution is -2.83. The molecule has 120 valence electrons. The molecule has 0 saturated heterocycles. The average molecular weight is 318 g/mol. The number of nitrogens with zero attached hydrogens (tertiary/aromatic N) is 1. The molecule has 0 spiro atoms. The van der Waals surface area contributed by atoms with Gasteiger partial charge in [0.05, 0.1) is 37.9 Å². The Kier molecular flexibility index (Phi) is 6.73. The summed E-state index contributed by atoms with van der Waals surface area (Å²) in [5, 5.41) is 1.97. The van der Waals surface area contributed by atoms with Crippen LogP contribution in [0.2, 0.25) is 0 Å². The van der Waals surface area contributed by atoms with Crippen molar-refractivity contribution < 1.29 is 27.9 Å². The minimum Gasteiger partial charge on any atom is -0.545 e. The van der Waals surface area contributed by atoms with Gasteiger partial charge in [0.1, 0.15) is 6.54 Å². The van der Waals surface area contributed by atoms with Gasteiger partial charge in [0, 0.05) is 11.8 Å². The molecular formula is C13H22N2O5S. The Bertz CT molecular complexity index is 535. The molecular weight excluding hydrogens is 296 g/mol. The van der Waals surface area contributed by atoms with Gasteiger partial charge >= 0.3 is 0 Å². The Balaban J connectivity index is 2.63. The fourth-order valence-electron chi connectivity index (χ4n) is 1.83. The largest absolute Gasteiger partial charge is 0.545 e. The Morgan fingerprint density at radius 3 is 2.10 bits per heavy atom. The van der Waals surface area contributed by atoms with Gasteiger partial charge in [-0.2, -0.15) is 0 Å². The first kappa shape index (κ1) is 17.5. The molecule has 0 amide bonds. The number of sulfonamides is 1. The molecule has 0 aliphatic rings. The number of quaternary nitrogens is 1. The number of ether oxygens (including phenoxy) is 3. The average Bonchev–Trinajstić information content (AvgIpc) is 2.44. The zero-order valence-corrected chi connectivity index (χ0v) is 13.6. The number of hydrogen-bond acceptors (Lipinski definition) is 5. The summed E-state index contributed by atoms with van der Waals surface area (Å²) >= 11 is 0. The van der Waals surface area contributed by atoms with Crippen molar-refractivity contribution >= 4 is 10.0 Å². The molecule has 1 aromatic rings. The fourth-order valence-corrected chi connectivity index (χ4v) is 2.27. The van der Waals surface area contributed by atoms with Crippen LogP contribution in [0.15, 0.2) is 12.1 Å². The van der Waals surface area contributed by atoms with Crippen LogP contribution in [0.1, 0.15) is 5.56 Å². The van der Waals surface area contributed by atoms with Gasteiger partial charge in [0.15, 0.2) is 11.5 Å². The first-order valence-corrected chi connectivity index (χ1v) is 8.25. The zero-order valence-electron chi connectivity index (χ0n) is 12.8. The monoisotopic (exact) mass is 318 g/mol. The van der Waals surface area contributed by atoms with Gasteiger partial charge in [-0.05, 0) is 12.1 Å². The Morgan fingerprint density at radius 1 is 1.10 bits per heavy atom. The van der Waals surface area contributed by atoms with Crippen LogP contribution in [-0.2, 0) is 16.6 Å². The van der Waals surface area contributed by atoms with Gasteiger partial charge in [-0.3, -0.25) is 0 Å². The van der Waals surface area contributed by atoms with Crippen LogP contribution in [0.5, 0.6) is 17.2 Å². The Labute approximate surface area is 125 Å². The molecule has 0 heterocycles. The zero-order chi connectivity index (χ0) is 15.9. The van der Waals surface area contributed by atoms with Crippen molar-refractivity contribution in [2.45, 2.75) is 6.54 Å². The quantitative estimate of drug-likeness (QED) is 0.652. The van der Waals surface area contributed by atoms with E-state index in [0.29, 0.717) is 30.3 Å². The van der Waals surface area contributed by atoms with E-state index < -0.39 is 10.0 Å². The van der Waals surface area contributed by atoms with Crippen molar-refractivity contribution in [2.24, 2.45) is 0 Å². The van der Waals surface area contributed by atoms with Crippen LogP contribution < -0.4 is 19.5 Å². The molecule has 0 aromatic heterocycles. The standard InChI is InChI=1S/C13H21N2O5S/c1-18-11-7-10(8-12(19-2)13(11)20-3)9-14-5-6-15-21(4,16)17/h7-8,14H,5-6,9H2,1-4H3/q-1/p+1. The predicted molar refractivity (Wildman–Crippen MR) is 79.7 cm³/mol. The maximum atomic E-state index is 10.9. The first-order valence-electron chi connectivity index (χ1n) is 6.40. The second-order valence-corrected chi connectivity index (χ2v) is 6.13. The predicted octanol–water partition coefficient (Wildman–Crippen LogP) is 0.109. The van der Waals surface area contributed by atoms with Crippen molar-refractivity contribution in [2.75, 3.05) is 40.7 Å². The lowest BCUT2D eigenvalue weighted by atomic mass is 10.2. The van der Waals surface area contributed by atoms with E-state index in [2.05, 4.69) is 4.72 Å². The van der Waals surface area contributed by atoms with Crippen molar-refractivity contribution in [3.8, 4) is 17.2 Å². The van der Waals surface area contributed by atoms with Gasteiger partial charge in [-0.25, -0.2) is 8.42 Å². The van der Waals surface area contributed by atoms with E-state index in [1.54, 1.807) is 21.3 Å². The van der Waals surface area contributed by atoms with Crippen molar-refractivity contribution in [3.63, 3.8) is 0 Å². The third-order valence-corrected chi connectivity index (χ3v) is 3.42. The summed E-state index contributed by atoms with van der Waals surface area (Å²) < 4.78 is 41.1. The highest BCUT2D eigenvalue weighted by atomic mass is 32.2. The van der Waals surface area contributed by atoms with E-state index in [1.807, 2.05) is 17.4 Å². The van der Waals surface area contributed by atoms with Gasteiger partial charge in [-0.1, -0.05) is 6.54 Å². The van der Waals surface area contributed by atoms with Crippen LogP contribution in [0.3, 0.4) is 0 Å². The molecule has 0 unspecified atom stereocenters. The molecule has 0 radical (unpaired) electrons. The number of rotatable bonds is 9. The van der Waals surface area contributed by atoms with Crippen molar-refractivity contribution in [1.82, 2.24) is 0 Å². The number of methoxy groups -OCH3 is 3. The molecule has 21 heavy (non-hydrogen) atoms. The number of benzene rings is 1.